The second-order valence-electron chi connectivity index (χ2n) is 8.08. The molecule has 0 unspecified atom stereocenters. The molecule has 0 aliphatic rings. The smallest absolute Gasteiger partial charge is 0.336 e. The van der Waals surface area contributed by atoms with E-state index >= 15 is 0 Å². The molecule has 3 aromatic carbocycles. The van der Waals surface area contributed by atoms with Gasteiger partial charge in [0, 0.05) is 11.1 Å². The van der Waals surface area contributed by atoms with Crippen LogP contribution in [0.15, 0.2) is 60.7 Å². The molecule has 0 radical (unpaired) electrons. The predicted molar refractivity (Wildman–Crippen MR) is 119 cm³/mol. The normalized spacial score (nSPS) is 11.1. The van der Waals surface area contributed by atoms with Gasteiger partial charge in [-0.05, 0) is 46.2 Å². The zero-order valence-electron chi connectivity index (χ0n) is 17.6. The number of hydrogen-bond donors (Lipinski definition) is 2. The first kappa shape index (κ1) is 21.3. The Balaban J connectivity index is 2.44. The van der Waals surface area contributed by atoms with Gasteiger partial charge in [0.05, 0.1) is 11.1 Å². The highest BCUT2D eigenvalue weighted by atomic mass is 16.4. The lowest BCUT2D eigenvalue weighted by Crippen LogP contribution is -2.08. The van der Waals surface area contributed by atoms with E-state index in [0.717, 1.165) is 11.1 Å². The molecule has 4 heteroatoms. The molecule has 0 spiro atoms. The maximum Gasteiger partial charge on any atom is 0.336 e. The van der Waals surface area contributed by atoms with Gasteiger partial charge in [-0.3, -0.25) is 0 Å². The second-order valence-corrected chi connectivity index (χ2v) is 8.08. The number of benzene rings is 3. The number of carbonyl (C=O) groups is 2. The monoisotopic (exact) mass is 402 g/mol. The Bertz CT molecular complexity index is 1020. The number of carboxylic acid groups (broad SMARTS) is 2. The van der Waals surface area contributed by atoms with Crippen molar-refractivity contribution in [2.45, 2.75) is 39.5 Å². The molecule has 0 atom stereocenters. The Labute approximate surface area is 176 Å². The van der Waals surface area contributed by atoms with Crippen LogP contribution in [0.25, 0.3) is 22.3 Å². The van der Waals surface area contributed by atoms with E-state index in [0.29, 0.717) is 22.3 Å². The molecule has 0 amide bonds. The van der Waals surface area contributed by atoms with Gasteiger partial charge in [0.2, 0.25) is 0 Å². The van der Waals surface area contributed by atoms with Crippen LogP contribution in [0.1, 0.15) is 71.4 Å². The van der Waals surface area contributed by atoms with Crippen LogP contribution in [-0.4, -0.2) is 22.2 Å². The van der Waals surface area contributed by atoms with Crippen LogP contribution in [0.5, 0.6) is 0 Å². The van der Waals surface area contributed by atoms with Crippen molar-refractivity contribution < 1.29 is 19.8 Å². The summed E-state index contributed by atoms with van der Waals surface area (Å²) in [5.41, 5.74) is 4.57. The lowest BCUT2D eigenvalue weighted by molar-refractivity contribution is 0.0682. The molecule has 0 heterocycles. The zero-order chi connectivity index (χ0) is 22.0. The highest BCUT2D eigenvalue weighted by Crippen LogP contribution is 2.39. The van der Waals surface area contributed by atoms with Gasteiger partial charge in [-0.15, -0.1) is 0 Å². The SMILES string of the molecule is CC(C)c1cccc(-c2c(C(=O)O)ccc(C(=O)O)c2-c2cccc(C(C)C)c2)c1. The molecule has 0 saturated carbocycles. The van der Waals surface area contributed by atoms with Crippen molar-refractivity contribution in [3.8, 4) is 22.3 Å². The molecule has 0 fully saturated rings. The fourth-order valence-electron chi connectivity index (χ4n) is 3.67. The fourth-order valence-corrected chi connectivity index (χ4v) is 3.67. The molecule has 0 saturated heterocycles. The van der Waals surface area contributed by atoms with Crippen molar-refractivity contribution >= 4 is 11.9 Å². The average Bonchev–Trinajstić information content (AvgIpc) is 2.72. The molecule has 3 aromatic rings. The van der Waals surface area contributed by atoms with Gasteiger partial charge in [0.15, 0.2) is 0 Å². The molecule has 4 nitrogen and oxygen atoms in total. The first-order valence-electron chi connectivity index (χ1n) is 10.0. The summed E-state index contributed by atoms with van der Waals surface area (Å²) in [6, 6.07) is 18.1. The summed E-state index contributed by atoms with van der Waals surface area (Å²) >= 11 is 0. The van der Waals surface area contributed by atoms with Crippen molar-refractivity contribution in [1.82, 2.24) is 0 Å². The van der Waals surface area contributed by atoms with Crippen LogP contribution in [0.4, 0.5) is 0 Å². The molecular formula is C26H26O4. The van der Waals surface area contributed by atoms with E-state index in [-0.39, 0.29) is 23.0 Å². The van der Waals surface area contributed by atoms with E-state index in [1.807, 2.05) is 48.5 Å². The zero-order valence-corrected chi connectivity index (χ0v) is 17.6. The molecule has 2 N–H and O–H groups in total. The Hall–Kier alpha value is -3.40. The fraction of sp³-hybridized carbons (Fsp3) is 0.231. The van der Waals surface area contributed by atoms with Crippen molar-refractivity contribution in [2.75, 3.05) is 0 Å². The Kier molecular flexibility index (Phi) is 6.06. The Morgan fingerprint density at radius 1 is 0.633 bits per heavy atom. The minimum absolute atomic E-state index is 0.0888. The minimum atomic E-state index is -1.09. The topological polar surface area (TPSA) is 74.6 Å². The van der Waals surface area contributed by atoms with Crippen molar-refractivity contribution in [1.29, 1.82) is 0 Å². The van der Waals surface area contributed by atoms with Crippen molar-refractivity contribution in [3.05, 3.63) is 82.9 Å². The maximum atomic E-state index is 12.1. The Morgan fingerprint density at radius 3 is 1.30 bits per heavy atom. The first-order valence-corrected chi connectivity index (χ1v) is 10.0. The van der Waals surface area contributed by atoms with E-state index in [9.17, 15) is 19.8 Å². The summed E-state index contributed by atoms with van der Waals surface area (Å²) < 4.78 is 0. The summed E-state index contributed by atoms with van der Waals surface area (Å²) in [5.74, 6) is -1.65. The van der Waals surface area contributed by atoms with Crippen LogP contribution in [-0.2, 0) is 0 Å². The molecule has 0 aliphatic carbocycles. The molecule has 3 rings (SSSR count). The highest BCUT2D eigenvalue weighted by molar-refractivity contribution is 6.08. The summed E-state index contributed by atoms with van der Waals surface area (Å²) in [7, 11) is 0. The van der Waals surface area contributed by atoms with E-state index in [4.69, 9.17) is 0 Å². The first-order chi connectivity index (χ1) is 14.2. The molecule has 0 aromatic heterocycles. The Morgan fingerprint density at radius 2 is 1.00 bits per heavy atom. The third-order valence-electron chi connectivity index (χ3n) is 5.35. The van der Waals surface area contributed by atoms with Crippen LogP contribution < -0.4 is 0 Å². The summed E-state index contributed by atoms with van der Waals surface area (Å²) in [6.07, 6.45) is 0. The standard InChI is InChI=1S/C26H26O4/c1-15(2)17-7-5-9-19(13-17)23-21(25(27)28)11-12-22(26(29)30)24(23)20-10-6-8-18(14-20)16(3)4/h5-16H,1-4H3,(H,27,28)(H,29,30). The number of aromatic carboxylic acids is 2. The quantitative estimate of drug-likeness (QED) is 0.483. The molecule has 30 heavy (non-hydrogen) atoms. The maximum absolute atomic E-state index is 12.1. The molecule has 0 aliphatic heterocycles. The highest BCUT2D eigenvalue weighted by Gasteiger charge is 2.24. The third kappa shape index (κ3) is 4.13. The molecule has 0 bridgehead atoms. The van der Waals surface area contributed by atoms with Crippen molar-refractivity contribution in [3.63, 3.8) is 0 Å². The van der Waals surface area contributed by atoms with Crippen LogP contribution >= 0.6 is 0 Å². The van der Waals surface area contributed by atoms with Gasteiger partial charge < -0.3 is 10.2 Å². The third-order valence-corrected chi connectivity index (χ3v) is 5.35. The average molecular weight is 402 g/mol. The summed E-state index contributed by atoms with van der Waals surface area (Å²) in [4.78, 5) is 24.2. The van der Waals surface area contributed by atoms with Crippen LogP contribution in [0, 0.1) is 0 Å². The summed E-state index contributed by atoms with van der Waals surface area (Å²) in [5, 5.41) is 19.8. The van der Waals surface area contributed by atoms with Crippen LogP contribution in [0.3, 0.4) is 0 Å². The van der Waals surface area contributed by atoms with Gasteiger partial charge in [0.25, 0.3) is 0 Å². The van der Waals surface area contributed by atoms with E-state index < -0.39 is 11.9 Å². The van der Waals surface area contributed by atoms with E-state index in [1.54, 1.807) is 0 Å². The van der Waals surface area contributed by atoms with Crippen LogP contribution in [0.2, 0.25) is 0 Å². The second kappa shape index (κ2) is 8.54. The molecule has 154 valence electrons. The largest absolute Gasteiger partial charge is 0.478 e. The van der Waals surface area contributed by atoms with Gasteiger partial charge in [-0.25, -0.2) is 9.59 Å². The lowest BCUT2D eigenvalue weighted by atomic mass is 9.85. The van der Waals surface area contributed by atoms with Gasteiger partial charge in [-0.2, -0.15) is 0 Å². The predicted octanol–water partition coefficient (Wildman–Crippen LogP) is 6.66. The van der Waals surface area contributed by atoms with E-state index in [1.165, 1.54) is 12.1 Å². The lowest BCUT2D eigenvalue weighted by Gasteiger charge is -2.18. The van der Waals surface area contributed by atoms with Crippen molar-refractivity contribution in [2.24, 2.45) is 0 Å². The summed E-state index contributed by atoms with van der Waals surface area (Å²) in [6.45, 7) is 8.27. The molecular weight excluding hydrogens is 376 g/mol. The van der Waals surface area contributed by atoms with Gasteiger partial charge in [-0.1, -0.05) is 76.2 Å². The van der Waals surface area contributed by atoms with E-state index in [2.05, 4.69) is 27.7 Å². The number of carboxylic acids is 2. The number of rotatable bonds is 6. The minimum Gasteiger partial charge on any atom is -0.478 e. The van der Waals surface area contributed by atoms with Gasteiger partial charge in [0.1, 0.15) is 0 Å². The van der Waals surface area contributed by atoms with Gasteiger partial charge >= 0.3 is 11.9 Å². The number of hydrogen-bond acceptors (Lipinski definition) is 2.